The molecule has 0 aliphatic heterocycles. The Bertz CT molecular complexity index is 539. The molecule has 16 heavy (non-hydrogen) atoms. The molecule has 0 radical (unpaired) electrons. The van der Waals surface area contributed by atoms with Crippen LogP contribution in [0.3, 0.4) is 0 Å². The number of carbonyl (C=O) groups is 1. The van der Waals surface area contributed by atoms with Crippen LogP contribution in [-0.2, 0) is 25.3 Å². The topological polar surface area (TPSA) is 87.1 Å². The van der Waals surface area contributed by atoms with Gasteiger partial charge in [-0.2, -0.15) is 0 Å². The van der Waals surface area contributed by atoms with Crippen molar-refractivity contribution >= 4 is 5.91 Å². The molecule has 1 heterocycles. The van der Waals surface area contributed by atoms with Gasteiger partial charge in [0.15, 0.2) is 0 Å². The lowest BCUT2D eigenvalue weighted by molar-refractivity contribution is -0.117. The standard InChI is InChI=1S/C10H15N3O3/c1-6-7(4-5-8(11)14)9(15)13(3)10(16)12(6)2/h4-5H2,1-3H3,(H2,11,14). The van der Waals surface area contributed by atoms with Gasteiger partial charge in [-0.3, -0.25) is 14.2 Å². The molecule has 0 aromatic carbocycles. The second kappa shape index (κ2) is 4.34. The van der Waals surface area contributed by atoms with Crippen LogP contribution in [0.1, 0.15) is 17.7 Å². The van der Waals surface area contributed by atoms with E-state index < -0.39 is 5.91 Å². The van der Waals surface area contributed by atoms with Gasteiger partial charge < -0.3 is 10.3 Å². The van der Waals surface area contributed by atoms with Gasteiger partial charge in [-0.1, -0.05) is 0 Å². The smallest absolute Gasteiger partial charge is 0.330 e. The van der Waals surface area contributed by atoms with Gasteiger partial charge in [-0.05, 0) is 13.3 Å². The van der Waals surface area contributed by atoms with Crippen LogP contribution in [-0.4, -0.2) is 15.0 Å². The predicted octanol–water partition coefficient (Wildman–Crippen LogP) is -1.19. The van der Waals surface area contributed by atoms with Crippen LogP contribution in [0, 0.1) is 6.92 Å². The fraction of sp³-hybridized carbons (Fsp3) is 0.500. The van der Waals surface area contributed by atoms with Crippen LogP contribution in [0.5, 0.6) is 0 Å². The summed E-state index contributed by atoms with van der Waals surface area (Å²) in [5.74, 6) is -0.463. The molecule has 0 saturated carbocycles. The van der Waals surface area contributed by atoms with Crippen molar-refractivity contribution in [1.29, 1.82) is 0 Å². The molecule has 1 aromatic heterocycles. The van der Waals surface area contributed by atoms with Crippen molar-refractivity contribution in [3.8, 4) is 0 Å². The lowest BCUT2D eigenvalue weighted by atomic mass is 10.1. The third-order valence-electron chi connectivity index (χ3n) is 2.70. The normalized spacial score (nSPS) is 10.4. The molecule has 0 aliphatic rings. The van der Waals surface area contributed by atoms with E-state index in [9.17, 15) is 14.4 Å². The largest absolute Gasteiger partial charge is 0.370 e. The molecule has 88 valence electrons. The molecule has 0 atom stereocenters. The molecule has 0 spiro atoms. The van der Waals surface area contributed by atoms with E-state index in [1.54, 1.807) is 14.0 Å². The summed E-state index contributed by atoms with van der Waals surface area (Å²) in [7, 11) is 3.00. The van der Waals surface area contributed by atoms with Crippen molar-refractivity contribution in [2.24, 2.45) is 19.8 Å². The van der Waals surface area contributed by atoms with Gasteiger partial charge in [0.05, 0.1) is 0 Å². The fourth-order valence-electron chi connectivity index (χ4n) is 1.55. The van der Waals surface area contributed by atoms with Gasteiger partial charge in [0.2, 0.25) is 5.91 Å². The molecule has 0 aliphatic carbocycles. The highest BCUT2D eigenvalue weighted by Gasteiger charge is 2.12. The average Bonchev–Trinajstić information content (AvgIpc) is 2.23. The summed E-state index contributed by atoms with van der Waals surface area (Å²) in [6.45, 7) is 1.68. The molecule has 6 nitrogen and oxygen atoms in total. The van der Waals surface area contributed by atoms with E-state index in [2.05, 4.69) is 0 Å². The van der Waals surface area contributed by atoms with Crippen LogP contribution in [0.2, 0.25) is 0 Å². The molecule has 0 saturated heterocycles. The van der Waals surface area contributed by atoms with Crippen molar-refractivity contribution in [2.45, 2.75) is 19.8 Å². The van der Waals surface area contributed by atoms with E-state index in [-0.39, 0.29) is 24.1 Å². The monoisotopic (exact) mass is 225 g/mol. The Labute approximate surface area is 92.3 Å². The number of carbonyl (C=O) groups excluding carboxylic acids is 1. The third-order valence-corrected chi connectivity index (χ3v) is 2.70. The Morgan fingerprint density at radius 1 is 1.25 bits per heavy atom. The molecule has 0 bridgehead atoms. The van der Waals surface area contributed by atoms with E-state index in [0.29, 0.717) is 11.3 Å². The summed E-state index contributed by atoms with van der Waals surface area (Å²) in [5.41, 5.74) is 5.34. The van der Waals surface area contributed by atoms with E-state index >= 15 is 0 Å². The molecular weight excluding hydrogens is 210 g/mol. The van der Waals surface area contributed by atoms with Crippen molar-refractivity contribution in [3.05, 3.63) is 32.1 Å². The maximum absolute atomic E-state index is 11.8. The number of hydrogen-bond acceptors (Lipinski definition) is 3. The molecule has 0 fully saturated rings. The second-order valence-electron chi connectivity index (χ2n) is 3.74. The number of rotatable bonds is 3. The first-order chi connectivity index (χ1) is 7.36. The zero-order valence-corrected chi connectivity index (χ0v) is 9.61. The maximum atomic E-state index is 11.8. The van der Waals surface area contributed by atoms with E-state index in [1.807, 2.05) is 0 Å². The van der Waals surface area contributed by atoms with Crippen molar-refractivity contribution in [3.63, 3.8) is 0 Å². The van der Waals surface area contributed by atoms with Crippen molar-refractivity contribution in [1.82, 2.24) is 9.13 Å². The Balaban J connectivity index is 3.35. The summed E-state index contributed by atoms with van der Waals surface area (Å²) in [5, 5.41) is 0. The number of nitrogens with two attached hydrogens (primary N) is 1. The Kier molecular flexibility index (Phi) is 3.31. The summed E-state index contributed by atoms with van der Waals surface area (Å²) in [4.78, 5) is 34.0. The van der Waals surface area contributed by atoms with Crippen LogP contribution >= 0.6 is 0 Å². The Morgan fingerprint density at radius 2 is 1.81 bits per heavy atom. The molecule has 0 unspecified atom stereocenters. The Morgan fingerprint density at radius 3 is 2.31 bits per heavy atom. The van der Waals surface area contributed by atoms with Gasteiger partial charge in [-0.15, -0.1) is 0 Å². The molecule has 1 amide bonds. The summed E-state index contributed by atoms with van der Waals surface area (Å²) < 4.78 is 2.42. The number of primary amides is 1. The molecule has 2 N–H and O–H groups in total. The SMILES string of the molecule is Cc1c(CCC(N)=O)c(=O)n(C)c(=O)n1C. The van der Waals surface area contributed by atoms with E-state index in [4.69, 9.17) is 5.73 Å². The maximum Gasteiger partial charge on any atom is 0.330 e. The summed E-state index contributed by atoms with van der Waals surface area (Å²) >= 11 is 0. The van der Waals surface area contributed by atoms with Gasteiger partial charge >= 0.3 is 5.69 Å². The predicted molar refractivity (Wildman–Crippen MR) is 59.2 cm³/mol. The van der Waals surface area contributed by atoms with Crippen LogP contribution in [0.25, 0.3) is 0 Å². The van der Waals surface area contributed by atoms with Crippen LogP contribution in [0.4, 0.5) is 0 Å². The number of amides is 1. The van der Waals surface area contributed by atoms with Gasteiger partial charge in [-0.25, -0.2) is 4.79 Å². The highest BCUT2D eigenvalue weighted by atomic mass is 16.2. The van der Waals surface area contributed by atoms with Gasteiger partial charge in [0.1, 0.15) is 0 Å². The Hall–Kier alpha value is -1.85. The zero-order valence-electron chi connectivity index (χ0n) is 9.61. The lowest BCUT2D eigenvalue weighted by Gasteiger charge is -2.10. The fourth-order valence-corrected chi connectivity index (χ4v) is 1.55. The molecular formula is C10H15N3O3. The van der Waals surface area contributed by atoms with Gasteiger partial charge in [0, 0.05) is 31.8 Å². The second-order valence-corrected chi connectivity index (χ2v) is 3.74. The van der Waals surface area contributed by atoms with E-state index in [0.717, 1.165) is 4.57 Å². The van der Waals surface area contributed by atoms with Crippen LogP contribution < -0.4 is 17.0 Å². The number of hydrogen-bond donors (Lipinski definition) is 1. The number of aromatic nitrogens is 2. The minimum absolute atomic E-state index is 0.105. The average molecular weight is 225 g/mol. The molecule has 1 rings (SSSR count). The van der Waals surface area contributed by atoms with Crippen molar-refractivity contribution < 1.29 is 4.79 Å². The van der Waals surface area contributed by atoms with E-state index in [1.165, 1.54) is 11.6 Å². The minimum Gasteiger partial charge on any atom is -0.370 e. The van der Waals surface area contributed by atoms with Gasteiger partial charge in [0.25, 0.3) is 5.56 Å². The summed E-state index contributed by atoms with van der Waals surface area (Å²) in [6, 6.07) is 0. The quantitative estimate of drug-likeness (QED) is 0.701. The summed E-state index contributed by atoms with van der Waals surface area (Å²) in [6.07, 6.45) is 0.371. The zero-order chi connectivity index (χ0) is 12.5. The lowest BCUT2D eigenvalue weighted by Crippen LogP contribution is -2.40. The molecule has 1 aromatic rings. The number of nitrogens with zero attached hydrogens (tertiary/aromatic N) is 2. The first-order valence-corrected chi connectivity index (χ1v) is 4.90. The first-order valence-electron chi connectivity index (χ1n) is 4.90. The first kappa shape index (κ1) is 12.2. The van der Waals surface area contributed by atoms with Crippen molar-refractivity contribution in [2.75, 3.05) is 0 Å². The highest BCUT2D eigenvalue weighted by Crippen LogP contribution is 2.01. The van der Waals surface area contributed by atoms with Crippen LogP contribution in [0.15, 0.2) is 9.59 Å². The third kappa shape index (κ3) is 2.05. The minimum atomic E-state index is -0.463. The highest BCUT2D eigenvalue weighted by molar-refractivity contribution is 5.74. The molecule has 6 heteroatoms.